The van der Waals surface area contributed by atoms with Gasteiger partial charge in [0.15, 0.2) is 0 Å². The number of fused-ring (bicyclic) bond motifs is 1. The van der Waals surface area contributed by atoms with Gasteiger partial charge >= 0.3 is 0 Å². The molecule has 4 atom stereocenters. The lowest BCUT2D eigenvalue weighted by Gasteiger charge is -2.58. The van der Waals surface area contributed by atoms with Gasteiger partial charge < -0.3 is 20.4 Å². The Bertz CT molecular complexity index is 1060. The molecule has 1 saturated heterocycles. The molecule has 2 aromatic carbocycles. The normalized spacial score (nSPS) is 31.7. The number of benzene rings is 2. The molecule has 0 radical (unpaired) electrons. The van der Waals surface area contributed by atoms with Gasteiger partial charge in [-0.15, -0.1) is 0 Å². The Balaban J connectivity index is 1.43. The molecule has 5 rings (SSSR count). The smallest absolute Gasteiger partial charge is 0.223 e. The molecule has 164 valence electrons. The van der Waals surface area contributed by atoms with Crippen LogP contribution in [0.25, 0.3) is 0 Å². The molecule has 7 heteroatoms. The number of hydrogen-bond donors (Lipinski definition) is 3. The van der Waals surface area contributed by atoms with Crippen LogP contribution in [0.2, 0.25) is 10.0 Å². The number of phenols is 1. The van der Waals surface area contributed by atoms with Gasteiger partial charge in [-0.05, 0) is 80.2 Å². The van der Waals surface area contributed by atoms with Crippen molar-refractivity contribution in [2.24, 2.45) is 5.92 Å². The quantitative estimate of drug-likeness (QED) is 0.653. The topological polar surface area (TPSA) is 72.8 Å². The second-order valence-corrected chi connectivity index (χ2v) is 10.2. The van der Waals surface area contributed by atoms with Crippen molar-refractivity contribution in [3.8, 4) is 5.75 Å². The highest BCUT2D eigenvalue weighted by Gasteiger charge is 2.67. The maximum absolute atomic E-state index is 13.2. The zero-order chi connectivity index (χ0) is 22.0. The first-order valence-corrected chi connectivity index (χ1v) is 11.5. The Kier molecular flexibility index (Phi) is 5.02. The summed E-state index contributed by atoms with van der Waals surface area (Å²) < 4.78 is 0. The second-order valence-electron chi connectivity index (χ2n) is 9.37. The molecule has 2 fully saturated rings. The number of aliphatic hydroxyl groups is 1. The molecule has 0 aromatic heterocycles. The van der Waals surface area contributed by atoms with Crippen LogP contribution in [0.1, 0.15) is 36.0 Å². The van der Waals surface area contributed by atoms with E-state index in [2.05, 4.69) is 17.3 Å². The number of likely N-dealkylation sites (N-methyl/N-ethyl adjacent to an activating group) is 1. The van der Waals surface area contributed by atoms with E-state index >= 15 is 0 Å². The summed E-state index contributed by atoms with van der Waals surface area (Å²) >= 11 is 12.1. The molecule has 0 spiro atoms. The zero-order valence-corrected chi connectivity index (χ0v) is 18.9. The Morgan fingerprint density at radius 1 is 1.19 bits per heavy atom. The van der Waals surface area contributed by atoms with E-state index in [1.54, 1.807) is 24.3 Å². The van der Waals surface area contributed by atoms with E-state index in [0.717, 1.165) is 36.1 Å². The minimum atomic E-state index is -0.994. The number of phenolic OH excluding ortho intramolecular Hbond substituents is 1. The highest BCUT2D eigenvalue weighted by Crippen LogP contribution is 2.61. The first kappa shape index (κ1) is 21.1. The van der Waals surface area contributed by atoms with Crippen molar-refractivity contribution in [2.45, 2.75) is 49.3 Å². The highest BCUT2D eigenvalue weighted by molar-refractivity contribution is 6.42. The predicted molar refractivity (Wildman–Crippen MR) is 121 cm³/mol. The summed E-state index contributed by atoms with van der Waals surface area (Å²) in [5.41, 5.74) is 1.55. The number of hydrogen-bond acceptors (Lipinski definition) is 4. The molecule has 2 aromatic rings. The van der Waals surface area contributed by atoms with Crippen LogP contribution >= 0.6 is 23.2 Å². The minimum Gasteiger partial charge on any atom is -0.508 e. The van der Waals surface area contributed by atoms with Crippen molar-refractivity contribution in [3.63, 3.8) is 0 Å². The van der Waals surface area contributed by atoms with Crippen LogP contribution in [-0.4, -0.2) is 46.3 Å². The highest BCUT2D eigenvalue weighted by atomic mass is 35.5. The SMILES string of the molecule is CN1CC[C@]23C[C@@H](C(=O)NCc4ccc(Cl)c(Cl)c4)C[C@@]2(O)[C@H]1Cc1ccc(O)cc13. The summed E-state index contributed by atoms with van der Waals surface area (Å²) in [5.74, 6) is -0.145. The van der Waals surface area contributed by atoms with Crippen LogP contribution < -0.4 is 5.32 Å². The summed E-state index contributed by atoms with van der Waals surface area (Å²) in [6.45, 7) is 1.22. The lowest BCUT2D eigenvalue weighted by atomic mass is 9.56. The van der Waals surface area contributed by atoms with E-state index in [-0.39, 0.29) is 23.6 Å². The molecule has 1 amide bonds. The first-order valence-electron chi connectivity index (χ1n) is 10.7. The van der Waals surface area contributed by atoms with Crippen molar-refractivity contribution in [3.05, 3.63) is 63.1 Å². The lowest BCUT2D eigenvalue weighted by Crippen LogP contribution is -2.68. The standard InChI is InChI=1S/C24H26Cl2N2O3/c1-28-7-6-23-11-16(22(30)27-13-14-2-5-19(25)20(26)8-14)12-24(23,31)21(28)9-15-3-4-17(29)10-18(15)23/h2-5,8,10,16,21,29,31H,6-7,9,11-13H2,1H3,(H,27,30)/t16-,21-,23-,24-/m1/s1. The molecule has 1 heterocycles. The number of rotatable bonds is 3. The Hall–Kier alpha value is -1.79. The van der Waals surface area contributed by atoms with Crippen molar-refractivity contribution >= 4 is 29.1 Å². The average Bonchev–Trinajstić information content (AvgIpc) is 3.07. The largest absolute Gasteiger partial charge is 0.508 e. The number of aromatic hydroxyl groups is 1. The van der Waals surface area contributed by atoms with Crippen molar-refractivity contribution in [1.29, 1.82) is 0 Å². The van der Waals surface area contributed by atoms with Crippen molar-refractivity contribution in [2.75, 3.05) is 13.6 Å². The third-order valence-electron chi connectivity index (χ3n) is 7.80. The number of nitrogens with one attached hydrogen (secondary N) is 1. The summed E-state index contributed by atoms with van der Waals surface area (Å²) in [7, 11) is 2.05. The molecule has 31 heavy (non-hydrogen) atoms. The number of likely N-dealkylation sites (tertiary alicyclic amines) is 1. The lowest BCUT2D eigenvalue weighted by molar-refractivity contribution is -0.129. The van der Waals surface area contributed by atoms with Gasteiger partial charge in [0.05, 0.1) is 15.6 Å². The molecule has 0 unspecified atom stereocenters. The third-order valence-corrected chi connectivity index (χ3v) is 8.54. The van der Waals surface area contributed by atoms with Gasteiger partial charge in [-0.1, -0.05) is 35.3 Å². The monoisotopic (exact) mass is 460 g/mol. The van der Waals surface area contributed by atoms with E-state index in [0.29, 0.717) is 29.4 Å². The van der Waals surface area contributed by atoms with Gasteiger partial charge in [0, 0.05) is 23.9 Å². The van der Waals surface area contributed by atoms with Crippen molar-refractivity contribution < 1.29 is 15.0 Å². The van der Waals surface area contributed by atoms with E-state index in [4.69, 9.17) is 23.2 Å². The van der Waals surface area contributed by atoms with Crippen LogP contribution in [-0.2, 0) is 23.2 Å². The van der Waals surface area contributed by atoms with Crippen LogP contribution in [0.4, 0.5) is 0 Å². The van der Waals surface area contributed by atoms with Gasteiger partial charge in [0.1, 0.15) is 5.75 Å². The molecular weight excluding hydrogens is 435 g/mol. The number of nitrogens with zero attached hydrogens (tertiary/aromatic N) is 1. The fourth-order valence-electron chi connectivity index (χ4n) is 6.27. The number of amides is 1. The van der Waals surface area contributed by atoms with E-state index in [1.165, 1.54) is 0 Å². The third kappa shape index (κ3) is 3.17. The van der Waals surface area contributed by atoms with Gasteiger partial charge in [0.2, 0.25) is 5.91 Å². The summed E-state index contributed by atoms with van der Waals surface area (Å²) in [5, 5.41) is 26.2. The summed E-state index contributed by atoms with van der Waals surface area (Å²) in [6.07, 6.45) is 2.49. The van der Waals surface area contributed by atoms with Crippen molar-refractivity contribution in [1.82, 2.24) is 10.2 Å². The van der Waals surface area contributed by atoms with Crippen LogP contribution in [0.5, 0.6) is 5.75 Å². The number of carbonyl (C=O) groups excluding carboxylic acids is 1. The molecule has 2 bridgehead atoms. The van der Waals surface area contributed by atoms with Gasteiger partial charge in [-0.25, -0.2) is 0 Å². The molecular formula is C24H26Cl2N2O3. The number of carbonyl (C=O) groups is 1. The second kappa shape index (κ2) is 7.38. The molecule has 3 N–H and O–H groups in total. The molecule has 2 aliphatic carbocycles. The molecule has 5 nitrogen and oxygen atoms in total. The molecule has 1 aliphatic heterocycles. The predicted octanol–water partition coefficient (Wildman–Crippen LogP) is 3.65. The summed E-state index contributed by atoms with van der Waals surface area (Å²) in [6, 6.07) is 10.8. The van der Waals surface area contributed by atoms with E-state index in [1.807, 2.05) is 12.1 Å². The maximum Gasteiger partial charge on any atom is 0.223 e. The number of halogens is 2. The van der Waals surface area contributed by atoms with Gasteiger partial charge in [-0.3, -0.25) is 4.79 Å². The Morgan fingerprint density at radius 3 is 2.77 bits per heavy atom. The maximum atomic E-state index is 13.2. The first-order chi connectivity index (χ1) is 14.7. The van der Waals surface area contributed by atoms with Gasteiger partial charge in [-0.2, -0.15) is 0 Å². The van der Waals surface area contributed by atoms with E-state index in [9.17, 15) is 15.0 Å². The zero-order valence-electron chi connectivity index (χ0n) is 17.4. The summed E-state index contributed by atoms with van der Waals surface area (Å²) in [4.78, 5) is 15.4. The van der Waals surface area contributed by atoms with Crippen LogP contribution in [0.15, 0.2) is 36.4 Å². The Morgan fingerprint density at radius 2 is 2.00 bits per heavy atom. The van der Waals surface area contributed by atoms with Crippen LogP contribution in [0.3, 0.4) is 0 Å². The fourth-order valence-corrected chi connectivity index (χ4v) is 6.59. The molecule has 3 aliphatic rings. The number of piperidine rings is 1. The average molecular weight is 461 g/mol. The molecule has 1 saturated carbocycles. The Labute approximate surface area is 192 Å². The van der Waals surface area contributed by atoms with Crippen LogP contribution in [0, 0.1) is 5.92 Å². The minimum absolute atomic E-state index is 0.0360. The fraction of sp³-hybridized carbons (Fsp3) is 0.458. The van der Waals surface area contributed by atoms with E-state index < -0.39 is 11.0 Å². The van der Waals surface area contributed by atoms with Gasteiger partial charge in [0.25, 0.3) is 0 Å².